The predicted octanol–water partition coefficient (Wildman–Crippen LogP) is 6.60. The second kappa shape index (κ2) is 9.92. The van der Waals surface area contributed by atoms with Crippen LogP contribution in [0.3, 0.4) is 0 Å². The molecule has 0 radical (unpaired) electrons. The highest BCUT2D eigenvalue weighted by Gasteiger charge is 2.47. The number of nitrogens with zero attached hydrogens (tertiary/aromatic N) is 2. The molecule has 2 aliphatic rings. The van der Waals surface area contributed by atoms with E-state index in [2.05, 4.69) is 23.1 Å². The van der Waals surface area contributed by atoms with Crippen LogP contribution in [0, 0.1) is 6.92 Å². The summed E-state index contributed by atoms with van der Waals surface area (Å²) in [4.78, 5) is 3.88. The lowest BCUT2D eigenvalue weighted by molar-refractivity contribution is -0.200. The summed E-state index contributed by atoms with van der Waals surface area (Å²) in [6, 6.07) is 24.0. The molecule has 0 spiro atoms. The number of rotatable bonds is 6. The fourth-order valence-electron chi connectivity index (χ4n) is 6.01. The molecule has 2 atom stereocenters. The van der Waals surface area contributed by atoms with Gasteiger partial charge in [0.25, 0.3) is 0 Å². The fraction of sp³-hybridized carbons (Fsp3) is 0.419. The molecule has 1 fully saturated rings. The van der Waals surface area contributed by atoms with Crippen molar-refractivity contribution in [3.05, 3.63) is 95.1 Å². The average molecular weight is 527 g/mol. The van der Waals surface area contributed by atoms with E-state index in [1.54, 1.807) is 11.8 Å². The summed E-state index contributed by atoms with van der Waals surface area (Å²) in [6.07, 6.45) is -5.59. The van der Waals surface area contributed by atoms with Crippen LogP contribution in [0.25, 0.3) is 0 Å². The maximum Gasteiger partial charge on any atom is 0.416 e. The summed E-state index contributed by atoms with van der Waals surface area (Å²) in [6.45, 7) is 4.75. The van der Waals surface area contributed by atoms with Gasteiger partial charge in [-0.25, -0.2) is 4.39 Å². The molecule has 1 N–H and O–H groups in total. The van der Waals surface area contributed by atoms with E-state index < -0.39 is 29.9 Å². The maximum atomic E-state index is 14.4. The lowest BCUT2D eigenvalue weighted by atomic mass is 9.71. The monoisotopic (exact) mass is 526 g/mol. The minimum Gasteiger partial charge on any atom is -0.382 e. The number of β-amino-alcohol motifs (C(OH)–C–C–N with tert-alkyl or cyclic N) is 1. The molecule has 2 aliphatic heterocycles. The lowest BCUT2D eigenvalue weighted by Crippen LogP contribution is -2.44. The normalized spacial score (nSPS) is 21.9. The number of anilines is 2. The first kappa shape index (κ1) is 26.5. The molecule has 7 heteroatoms. The van der Waals surface area contributed by atoms with Gasteiger partial charge in [-0.05, 0) is 68.0 Å². The fourth-order valence-corrected chi connectivity index (χ4v) is 6.01. The molecule has 2 heterocycles. The van der Waals surface area contributed by atoms with Crippen molar-refractivity contribution in [3.63, 3.8) is 0 Å². The predicted molar refractivity (Wildman–Crippen MR) is 144 cm³/mol. The standard InChI is InChI=1S/C31H34F4N2O/c1-22-7-5-9-24(17-22)30(19-23-8-6-10-25(18-23)36-15-13-29(2,32)14-16-36)21-37(20-28(38)31(33,34)35)27-12-4-3-11-26(27)30/h3-12,17-18,28,38H,13-16,19-21H2,1-2H3/t28-,30?/m1/s1. The molecule has 3 aromatic carbocycles. The third kappa shape index (κ3) is 5.26. The molecule has 5 rings (SSSR count). The number of hydrogen-bond donors (Lipinski definition) is 1. The molecule has 3 aromatic rings. The summed E-state index contributed by atoms with van der Waals surface area (Å²) in [7, 11) is 0. The highest BCUT2D eigenvalue weighted by Crippen LogP contribution is 2.48. The summed E-state index contributed by atoms with van der Waals surface area (Å²) in [5.74, 6) is 0. The number of aryl methyl sites for hydroxylation is 1. The van der Waals surface area contributed by atoms with Gasteiger partial charge in [0.2, 0.25) is 0 Å². The first-order valence-electron chi connectivity index (χ1n) is 13.2. The highest BCUT2D eigenvalue weighted by atomic mass is 19.4. The Labute approximate surface area is 221 Å². The zero-order chi connectivity index (χ0) is 27.1. The van der Waals surface area contributed by atoms with Crippen molar-refractivity contribution in [1.82, 2.24) is 0 Å². The summed E-state index contributed by atoms with van der Waals surface area (Å²) >= 11 is 0. The van der Waals surface area contributed by atoms with Crippen molar-refractivity contribution in [3.8, 4) is 0 Å². The quantitative estimate of drug-likeness (QED) is 0.367. The van der Waals surface area contributed by atoms with Gasteiger partial charge in [0.1, 0.15) is 5.67 Å². The van der Waals surface area contributed by atoms with Crippen molar-refractivity contribution in [2.45, 2.75) is 56.5 Å². The molecule has 1 saturated heterocycles. The third-order valence-electron chi connectivity index (χ3n) is 8.15. The Balaban J connectivity index is 1.54. The molecule has 38 heavy (non-hydrogen) atoms. The lowest BCUT2D eigenvalue weighted by Gasteiger charge is -2.36. The van der Waals surface area contributed by atoms with E-state index in [9.17, 15) is 22.7 Å². The van der Waals surface area contributed by atoms with E-state index in [1.165, 1.54) is 0 Å². The summed E-state index contributed by atoms with van der Waals surface area (Å²) in [5.41, 5.74) is 4.13. The Morgan fingerprint density at radius 2 is 1.66 bits per heavy atom. The second-order valence-corrected chi connectivity index (χ2v) is 11.2. The van der Waals surface area contributed by atoms with Crippen LogP contribution in [-0.4, -0.2) is 49.2 Å². The molecular formula is C31H34F4N2O. The van der Waals surface area contributed by atoms with E-state index >= 15 is 0 Å². The minimum atomic E-state index is -4.69. The van der Waals surface area contributed by atoms with Crippen molar-refractivity contribution in [1.29, 1.82) is 0 Å². The van der Waals surface area contributed by atoms with Crippen molar-refractivity contribution in [2.24, 2.45) is 0 Å². The van der Waals surface area contributed by atoms with Gasteiger partial charge in [-0.1, -0.05) is 60.2 Å². The van der Waals surface area contributed by atoms with Crippen LogP contribution in [0.4, 0.5) is 28.9 Å². The molecule has 0 aromatic heterocycles. The molecule has 0 saturated carbocycles. The number of para-hydroxylation sites is 1. The number of aliphatic hydroxyl groups is 1. The Hall–Kier alpha value is -3.06. The molecule has 3 nitrogen and oxygen atoms in total. The van der Waals surface area contributed by atoms with Gasteiger partial charge in [-0.3, -0.25) is 0 Å². The van der Waals surface area contributed by atoms with Gasteiger partial charge >= 0.3 is 6.18 Å². The van der Waals surface area contributed by atoms with Crippen LogP contribution in [0.5, 0.6) is 0 Å². The van der Waals surface area contributed by atoms with Gasteiger partial charge < -0.3 is 14.9 Å². The smallest absolute Gasteiger partial charge is 0.382 e. The van der Waals surface area contributed by atoms with Gasteiger partial charge in [0.05, 0.1) is 6.54 Å². The van der Waals surface area contributed by atoms with Crippen molar-refractivity contribution >= 4 is 11.4 Å². The molecular weight excluding hydrogens is 492 g/mol. The number of fused-ring (bicyclic) bond motifs is 1. The Morgan fingerprint density at radius 1 is 0.947 bits per heavy atom. The number of hydrogen-bond acceptors (Lipinski definition) is 3. The van der Waals surface area contributed by atoms with Crippen molar-refractivity contribution < 1.29 is 22.7 Å². The van der Waals surface area contributed by atoms with Crippen LogP contribution in [0.1, 0.15) is 42.0 Å². The maximum absolute atomic E-state index is 14.4. The number of aliphatic hydroxyl groups excluding tert-OH is 1. The Bertz CT molecular complexity index is 1280. The van der Waals surface area contributed by atoms with Gasteiger partial charge in [0, 0.05) is 36.4 Å². The third-order valence-corrected chi connectivity index (χ3v) is 8.15. The van der Waals surface area contributed by atoms with Gasteiger partial charge in [-0.15, -0.1) is 0 Å². The molecule has 0 aliphatic carbocycles. The zero-order valence-corrected chi connectivity index (χ0v) is 21.8. The molecule has 1 unspecified atom stereocenters. The average Bonchev–Trinajstić information content (AvgIpc) is 3.18. The first-order chi connectivity index (χ1) is 18.0. The summed E-state index contributed by atoms with van der Waals surface area (Å²) < 4.78 is 54.5. The topological polar surface area (TPSA) is 26.7 Å². The van der Waals surface area contributed by atoms with Crippen LogP contribution < -0.4 is 9.80 Å². The zero-order valence-electron chi connectivity index (χ0n) is 21.8. The molecule has 0 amide bonds. The Morgan fingerprint density at radius 3 is 2.37 bits per heavy atom. The number of piperidine rings is 1. The van der Waals surface area contributed by atoms with E-state index in [0.717, 1.165) is 27.9 Å². The second-order valence-electron chi connectivity index (χ2n) is 11.2. The van der Waals surface area contributed by atoms with Crippen molar-refractivity contribution in [2.75, 3.05) is 36.0 Å². The van der Waals surface area contributed by atoms with E-state index in [0.29, 0.717) is 44.6 Å². The van der Waals surface area contributed by atoms with Gasteiger partial charge in [-0.2, -0.15) is 13.2 Å². The van der Waals surface area contributed by atoms with Gasteiger partial charge in [0.15, 0.2) is 6.10 Å². The van der Waals surface area contributed by atoms with Crippen LogP contribution in [0.15, 0.2) is 72.8 Å². The van der Waals surface area contributed by atoms with Crippen LogP contribution >= 0.6 is 0 Å². The molecule has 0 bridgehead atoms. The summed E-state index contributed by atoms with van der Waals surface area (Å²) in [5, 5.41) is 9.96. The number of halogens is 4. The largest absolute Gasteiger partial charge is 0.416 e. The number of benzene rings is 3. The number of alkyl halides is 4. The Kier molecular flexibility index (Phi) is 6.93. The van der Waals surface area contributed by atoms with E-state index in [1.807, 2.05) is 61.5 Å². The minimum absolute atomic E-state index is 0.317. The first-order valence-corrected chi connectivity index (χ1v) is 13.2. The molecule has 202 valence electrons. The van der Waals surface area contributed by atoms with E-state index in [4.69, 9.17) is 0 Å². The highest BCUT2D eigenvalue weighted by molar-refractivity contribution is 5.67. The SMILES string of the molecule is Cc1cccc(C2(Cc3cccc(N4CCC(C)(F)CC4)c3)CN(C[C@@H](O)C(F)(F)F)c3ccccc32)c1. The van der Waals surface area contributed by atoms with Crippen LogP contribution in [0.2, 0.25) is 0 Å². The van der Waals surface area contributed by atoms with Crippen LogP contribution in [-0.2, 0) is 11.8 Å². The van der Waals surface area contributed by atoms with E-state index in [-0.39, 0.29) is 0 Å².